The lowest BCUT2D eigenvalue weighted by atomic mass is 9.86. The maximum absolute atomic E-state index is 5.74. The molecule has 1 atom stereocenters. The maximum atomic E-state index is 5.74. The van der Waals surface area contributed by atoms with Crippen LogP contribution in [0.1, 0.15) is 53.5 Å². The summed E-state index contributed by atoms with van der Waals surface area (Å²) in [5.41, 5.74) is 3.62. The molecule has 0 aliphatic rings. The van der Waals surface area contributed by atoms with E-state index in [0.29, 0.717) is 11.5 Å². The maximum Gasteiger partial charge on any atom is 0.144 e. The molecule has 0 aromatic heterocycles. The van der Waals surface area contributed by atoms with Crippen molar-refractivity contribution in [3.05, 3.63) is 35.9 Å². The van der Waals surface area contributed by atoms with Crippen LogP contribution in [0.5, 0.6) is 11.5 Å². The van der Waals surface area contributed by atoms with E-state index in [0.717, 1.165) is 22.8 Å². The average Bonchev–Trinajstić information content (AvgIpc) is 2.69. The van der Waals surface area contributed by atoms with Crippen LogP contribution in [0.4, 0.5) is 0 Å². The first-order chi connectivity index (χ1) is 11.6. The topological polar surface area (TPSA) is 56.5 Å². The smallest absolute Gasteiger partial charge is 0.144 e. The predicted molar refractivity (Wildman–Crippen MR) is 111 cm³/mol. The molecule has 0 spiro atoms. The fraction of sp³-hybridized carbons (Fsp3) is 0.444. The van der Waals surface area contributed by atoms with Crippen LogP contribution >= 0.6 is 25.8 Å². The van der Waals surface area contributed by atoms with Gasteiger partial charge in [0.1, 0.15) is 11.5 Å². The van der Waals surface area contributed by atoms with Crippen molar-refractivity contribution in [3.63, 3.8) is 0 Å². The monoisotopic (exact) mass is 370 g/mol. The number of nitrogens with one attached hydrogen (secondary N) is 1. The van der Waals surface area contributed by atoms with Gasteiger partial charge in [-0.25, -0.2) is 0 Å². The van der Waals surface area contributed by atoms with E-state index in [-0.39, 0.29) is 5.54 Å². The second kappa shape index (κ2) is 11.5. The summed E-state index contributed by atoms with van der Waals surface area (Å²) in [5, 5.41) is 1.94. The third-order valence-electron chi connectivity index (χ3n) is 3.77. The SMILES string of the molecule is CC.CC.CCC(C)(NN)c1ccc(OS)c2ccc(OS)cc12. The summed E-state index contributed by atoms with van der Waals surface area (Å²) in [6, 6.07) is 9.53. The van der Waals surface area contributed by atoms with Gasteiger partial charge in [0.05, 0.1) is 5.54 Å². The Morgan fingerprint density at radius 3 is 2.08 bits per heavy atom. The summed E-state index contributed by atoms with van der Waals surface area (Å²) in [6.07, 6.45) is 0.839. The van der Waals surface area contributed by atoms with Crippen LogP contribution in [-0.4, -0.2) is 0 Å². The van der Waals surface area contributed by atoms with Crippen molar-refractivity contribution in [3.8, 4) is 11.5 Å². The number of fused-ring (bicyclic) bond motifs is 1. The van der Waals surface area contributed by atoms with Gasteiger partial charge in [0.25, 0.3) is 0 Å². The van der Waals surface area contributed by atoms with Crippen molar-refractivity contribution in [1.82, 2.24) is 5.43 Å². The van der Waals surface area contributed by atoms with Crippen LogP contribution in [0.15, 0.2) is 30.3 Å². The van der Waals surface area contributed by atoms with Crippen molar-refractivity contribution in [2.24, 2.45) is 5.84 Å². The van der Waals surface area contributed by atoms with E-state index < -0.39 is 0 Å². The van der Waals surface area contributed by atoms with Crippen molar-refractivity contribution < 1.29 is 8.37 Å². The molecule has 0 saturated carbocycles. The molecule has 136 valence electrons. The van der Waals surface area contributed by atoms with E-state index in [1.165, 1.54) is 0 Å². The normalized spacial score (nSPS) is 12.2. The molecule has 3 N–H and O–H groups in total. The minimum Gasteiger partial charge on any atom is -0.429 e. The number of benzene rings is 2. The molecule has 2 aromatic carbocycles. The molecule has 0 saturated heterocycles. The van der Waals surface area contributed by atoms with Crippen LogP contribution in [0.2, 0.25) is 0 Å². The van der Waals surface area contributed by atoms with Gasteiger partial charge in [-0.3, -0.25) is 11.3 Å². The summed E-state index contributed by atoms with van der Waals surface area (Å²) in [5.74, 6) is 7.09. The van der Waals surface area contributed by atoms with Crippen molar-refractivity contribution in [1.29, 1.82) is 0 Å². The molecule has 1 unspecified atom stereocenters. The first-order valence-electron chi connectivity index (χ1n) is 8.27. The van der Waals surface area contributed by atoms with Crippen LogP contribution in [0.25, 0.3) is 10.8 Å². The number of nitrogens with two attached hydrogens (primary N) is 1. The lowest BCUT2D eigenvalue weighted by Crippen LogP contribution is -2.43. The number of hydrazine groups is 1. The van der Waals surface area contributed by atoms with Gasteiger partial charge < -0.3 is 8.37 Å². The number of rotatable bonds is 5. The largest absolute Gasteiger partial charge is 0.429 e. The molecular formula is C18H30N2O2S2. The Kier molecular flexibility index (Phi) is 11.0. The van der Waals surface area contributed by atoms with E-state index >= 15 is 0 Å². The van der Waals surface area contributed by atoms with Gasteiger partial charge in [0.2, 0.25) is 0 Å². The highest BCUT2D eigenvalue weighted by atomic mass is 32.1. The number of thiol groups is 2. The molecule has 0 aliphatic carbocycles. The molecule has 24 heavy (non-hydrogen) atoms. The van der Waals surface area contributed by atoms with Gasteiger partial charge in [-0.15, -0.1) is 0 Å². The fourth-order valence-corrected chi connectivity index (χ4v) is 2.56. The van der Waals surface area contributed by atoms with E-state index in [2.05, 4.69) is 45.1 Å². The predicted octanol–water partition coefficient (Wildman–Crippen LogP) is 5.43. The van der Waals surface area contributed by atoms with Gasteiger partial charge in [0.15, 0.2) is 0 Å². The molecule has 4 nitrogen and oxygen atoms in total. The molecule has 0 heterocycles. The Balaban J connectivity index is 0.00000123. The number of hydrogen-bond donors (Lipinski definition) is 4. The Morgan fingerprint density at radius 1 is 1.00 bits per heavy atom. The standard InChI is InChI=1S/C14H18N2O2S2.2C2H6/c1-3-14(2,16-15)12-6-7-13(18-20)10-5-4-9(17-19)8-11(10)12;2*1-2/h4-8,16,19-20H,3,15H2,1-2H3;2*1-2H3. The molecule has 2 rings (SSSR count). The molecule has 0 fully saturated rings. The zero-order valence-corrected chi connectivity index (χ0v) is 17.2. The summed E-state index contributed by atoms with van der Waals surface area (Å²) < 4.78 is 10.1. The second-order valence-corrected chi connectivity index (χ2v) is 5.20. The molecule has 6 heteroatoms. The Hall–Kier alpha value is -1.08. The highest BCUT2D eigenvalue weighted by Crippen LogP contribution is 2.37. The van der Waals surface area contributed by atoms with Gasteiger partial charge in [-0.2, -0.15) is 0 Å². The van der Waals surface area contributed by atoms with Crippen LogP contribution < -0.4 is 19.6 Å². The van der Waals surface area contributed by atoms with Gasteiger partial charge in [0, 0.05) is 31.2 Å². The first kappa shape index (κ1) is 22.9. The van der Waals surface area contributed by atoms with E-state index in [1.54, 1.807) is 0 Å². The second-order valence-electron chi connectivity index (χ2n) is 4.83. The molecule has 0 aliphatic heterocycles. The minimum absolute atomic E-state index is 0.345. The Labute approximate surface area is 157 Å². The third kappa shape index (κ3) is 4.96. The van der Waals surface area contributed by atoms with Crippen LogP contribution in [0, 0.1) is 0 Å². The fourth-order valence-electron chi connectivity index (χ4n) is 2.29. The molecule has 0 bridgehead atoms. The lowest BCUT2D eigenvalue weighted by molar-refractivity contribution is 0.364. The quantitative estimate of drug-likeness (QED) is 0.245. The third-order valence-corrected chi connectivity index (χ3v) is 4.18. The Morgan fingerprint density at radius 2 is 1.62 bits per heavy atom. The molecule has 0 radical (unpaired) electrons. The number of hydrogen-bond acceptors (Lipinski definition) is 6. The molecule has 0 amide bonds. The van der Waals surface area contributed by atoms with Crippen molar-refractivity contribution in [2.45, 2.75) is 53.5 Å². The van der Waals surface area contributed by atoms with Gasteiger partial charge >= 0.3 is 0 Å². The minimum atomic E-state index is -0.345. The Bertz CT molecular complexity index is 617. The lowest BCUT2D eigenvalue weighted by Gasteiger charge is -2.29. The average molecular weight is 371 g/mol. The van der Waals surface area contributed by atoms with E-state index in [1.807, 2.05) is 58.0 Å². The van der Waals surface area contributed by atoms with E-state index in [9.17, 15) is 0 Å². The van der Waals surface area contributed by atoms with Crippen molar-refractivity contribution >= 4 is 36.6 Å². The highest BCUT2D eigenvalue weighted by molar-refractivity contribution is 7.75. The zero-order valence-electron chi connectivity index (χ0n) is 15.4. The molecule has 2 aromatic rings. The summed E-state index contributed by atoms with van der Waals surface area (Å²) in [4.78, 5) is 0. The van der Waals surface area contributed by atoms with E-state index in [4.69, 9.17) is 14.2 Å². The van der Waals surface area contributed by atoms with Crippen LogP contribution in [0.3, 0.4) is 0 Å². The van der Waals surface area contributed by atoms with Gasteiger partial charge in [-0.1, -0.05) is 40.7 Å². The molecular weight excluding hydrogens is 340 g/mol. The first-order valence-corrected chi connectivity index (χ1v) is 9.00. The zero-order chi connectivity index (χ0) is 18.8. The van der Waals surface area contributed by atoms with Crippen LogP contribution in [-0.2, 0) is 5.54 Å². The van der Waals surface area contributed by atoms with Crippen molar-refractivity contribution in [2.75, 3.05) is 0 Å². The summed E-state index contributed by atoms with van der Waals surface area (Å²) >= 11 is 7.75. The highest BCUT2D eigenvalue weighted by Gasteiger charge is 2.26. The van der Waals surface area contributed by atoms with Gasteiger partial charge in [-0.05, 0) is 48.6 Å². The summed E-state index contributed by atoms with van der Waals surface area (Å²) in [6.45, 7) is 12.1. The summed E-state index contributed by atoms with van der Waals surface area (Å²) in [7, 11) is 0.